The maximum absolute atomic E-state index is 5.41. The maximum atomic E-state index is 5.41. The highest BCUT2D eigenvalue weighted by Gasteiger charge is 2.15. The van der Waals surface area contributed by atoms with Crippen molar-refractivity contribution in [3.05, 3.63) is 11.8 Å². The minimum absolute atomic E-state index is 0.523. The number of rotatable bonds is 7. The molecule has 0 saturated heterocycles. The van der Waals surface area contributed by atoms with E-state index in [4.69, 9.17) is 4.74 Å². The van der Waals surface area contributed by atoms with E-state index in [1.54, 1.807) is 0 Å². The summed E-state index contributed by atoms with van der Waals surface area (Å²) in [6.07, 6.45) is 5.55. The molecule has 88 valence electrons. The molecule has 0 fully saturated rings. The Morgan fingerprint density at radius 3 is 3.00 bits per heavy atom. The molecule has 15 heavy (non-hydrogen) atoms. The molecule has 1 unspecified atom stereocenters. The molecule has 1 aliphatic heterocycles. The van der Waals surface area contributed by atoms with Gasteiger partial charge in [0.15, 0.2) is 0 Å². The maximum Gasteiger partial charge on any atom is 0.0876 e. The summed E-state index contributed by atoms with van der Waals surface area (Å²) in [5.41, 5.74) is 1.45. The molecule has 2 nitrogen and oxygen atoms in total. The van der Waals surface area contributed by atoms with Gasteiger partial charge in [-0.2, -0.15) is 11.8 Å². The Morgan fingerprint density at radius 1 is 1.53 bits per heavy atom. The lowest BCUT2D eigenvalue weighted by Gasteiger charge is -2.24. The van der Waals surface area contributed by atoms with E-state index >= 15 is 0 Å². The fourth-order valence-corrected chi connectivity index (χ4v) is 2.50. The molecule has 0 amide bonds. The molecule has 1 aliphatic rings. The zero-order chi connectivity index (χ0) is 10.9. The second kappa shape index (κ2) is 8.05. The molecule has 3 heteroatoms. The van der Waals surface area contributed by atoms with Crippen molar-refractivity contribution in [1.29, 1.82) is 0 Å². The van der Waals surface area contributed by atoms with Gasteiger partial charge in [0.05, 0.1) is 12.9 Å². The van der Waals surface area contributed by atoms with E-state index in [0.717, 1.165) is 13.2 Å². The van der Waals surface area contributed by atoms with Crippen LogP contribution in [0.15, 0.2) is 11.8 Å². The van der Waals surface area contributed by atoms with Gasteiger partial charge in [0.2, 0.25) is 0 Å². The van der Waals surface area contributed by atoms with Crippen molar-refractivity contribution in [1.82, 2.24) is 5.32 Å². The quantitative estimate of drug-likeness (QED) is 0.725. The number of ether oxygens (including phenoxy) is 1. The Balaban J connectivity index is 2.41. The Morgan fingerprint density at radius 2 is 2.40 bits per heavy atom. The van der Waals surface area contributed by atoms with Gasteiger partial charge in [0, 0.05) is 11.8 Å². The second-order valence-electron chi connectivity index (χ2n) is 3.83. The minimum Gasteiger partial charge on any atom is -0.501 e. The Kier molecular flexibility index (Phi) is 6.94. The smallest absolute Gasteiger partial charge is 0.0876 e. The molecule has 0 aromatic carbocycles. The van der Waals surface area contributed by atoms with Crippen molar-refractivity contribution in [2.24, 2.45) is 0 Å². The molecule has 0 aliphatic carbocycles. The van der Waals surface area contributed by atoms with Crippen LogP contribution in [0.2, 0.25) is 0 Å². The molecule has 1 heterocycles. The van der Waals surface area contributed by atoms with E-state index in [1.165, 1.54) is 36.3 Å². The number of hydrogen-bond donors (Lipinski definition) is 1. The zero-order valence-corrected chi connectivity index (χ0v) is 10.7. The second-order valence-corrected chi connectivity index (χ2v) is 5.15. The monoisotopic (exact) mass is 229 g/mol. The third kappa shape index (κ3) is 4.94. The van der Waals surface area contributed by atoms with E-state index in [0.29, 0.717) is 6.04 Å². The van der Waals surface area contributed by atoms with Crippen molar-refractivity contribution in [2.45, 2.75) is 39.2 Å². The standard InChI is InChI=1S/C12H23NOS/c1-3-7-13-12(10-15-4-2)11-6-5-8-14-9-11/h9,12-13H,3-8,10H2,1-2H3. The fraction of sp³-hybridized carbons (Fsp3) is 0.833. The zero-order valence-electron chi connectivity index (χ0n) is 9.92. The number of nitrogens with one attached hydrogen (secondary N) is 1. The van der Waals surface area contributed by atoms with E-state index < -0.39 is 0 Å². The first-order valence-electron chi connectivity index (χ1n) is 6.00. The average molecular weight is 229 g/mol. The number of hydrogen-bond acceptors (Lipinski definition) is 3. The van der Waals surface area contributed by atoms with Crippen LogP contribution in [0.1, 0.15) is 33.1 Å². The topological polar surface area (TPSA) is 21.3 Å². The van der Waals surface area contributed by atoms with Gasteiger partial charge in [-0.15, -0.1) is 0 Å². The molecule has 1 atom stereocenters. The SMILES string of the molecule is CCCNC(CSCC)C1=COCCC1. The summed E-state index contributed by atoms with van der Waals surface area (Å²) in [7, 11) is 0. The first-order valence-corrected chi connectivity index (χ1v) is 7.15. The van der Waals surface area contributed by atoms with Crippen molar-refractivity contribution in [3.8, 4) is 0 Å². The van der Waals surface area contributed by atoms with Crippen molar-refractivity contribution in [2.75, 3.05) is 24.7 Å². The molecule has 0 bridgehead atoms. The van der Waals surface area contributed by atoms with Crippen molar-refractivity contribution in [3.63, 3.8) is 0 Å². The highest BCUT2D eigenvalue weighted by molar-refractivity contribution is 7.99. The van der Waals surface area contributed by atoms with Crippen LogP contribution in [0.5, 0.6) is 0 Å². The molecule has 1 rings (SSSR count). The third-order valence-corrected chi connectivity index (χ3v) is 3.52. The van der Waals surface area contributed by atoms with Gasteiger partial charge in [-0.05, 0) is 37.1 Å². The molecule has 0 spiro atoms. The van der Waals surface area contributed by atoms with Gasteiger partial charge in [-0.3, -0.25) is 0 Å². The molecule has 0 aromatic heterocycles. The van der Waals surface area contributed by atoms with Gasteiger partial charge >= 0.3 is 0 Å². The third-order valence-electron chi connectivity index (χ3n) is 2.54. The van der Waals surface area contributed by atoms with Crippen LogP contribution >= 0.6 is 11.8 Å². The lowest BCUT2D eigenvalue weighted by atomic mass is 10.0. The van der Waals surface area contributed by atoms with Crippen LogP contribution in [-0.4, -0.2) is 30.7 Å². The van der Waals surface area contributed by atoms with Crippen LogP contribution in [-0.2, 0) is 4.74 Å². The van der Waals surface area contributed by atoms with Crippen molar-refractivity contribution < 1.29 is 4.74 Å². The van der Waals surface area contributed by atoms with Gasteiger partial charge in [-0.25, -0.2) is 0 Å². The summed E-state index contributed by atoms with van der Waals surface area (Å²) in [4.78, 5) is 0. The molecular formula is C12H23NOS. The first-order chi connectivity index (χ1) is 7.38. The largest absolute Gasteiger partial charge is 0.501 e. The van der Waals surface area contributed by atoms with E-state index in [-0.39, 0.29) is 0 Å². The predicted molar refractivity (Wildman–Crippen MR) is 68.3 cm³/mol. The van der Waals surface area contributed by atoms with E-state index in [9.17, 15) is 0 Å². The number of thioether (sulfide) groups is 1. The summed E-state index contributed by atoms with van der Waals surface area (Å²) in [6.45, 7) is 6.42. The molecule has 0 saturated carbocycles. The Labute approximate surface area is 97.8 Å². The van der Waals surface area contributed by atoms with Gasteiger partial charge in [-0.1, -0.05) is 13.8 Å². The van der Waals surface area contributed by atoms with E-state index in [1.807, 2.05) is 18.0 Å². The summed E-state index contributed by atoms with van der Waals surface area (Å²) < 4.78 is 5.41. The van der Waals surface area contributed by atoms with Gasteiger partial charge in [0.1, 0.15) is 0 Å². The summed E-state index contributed by atoms with van der Waals surface area (Å²) in [5.74, 6) is 2.37. The lowest BCUT2D eigenvalue weighted by molar-refractivity contribution is 0.220. The normalized spacial score (nSPS) is 18.1. The molecule has 1 N–H and O–H groups in total. The predicted octanol–water partition coefficient (Wildman–Crippen LogP) is 2.80. The van der Waals surface area contributed by atoms with Crippen LogP contribution in [0.25, 0.3) is 0 Å². The van der Waals surface area contributed by atoms with Crippen LogP contribution in [0.3, 0.4) is 0 Å². The van der Waals surface area contributed by atoms with E-state index in [2.05, 4.69) is 19.2 Å². The highest BCUT2D eigenvalue weighted by atomic mass is 32.2. The average Bonchev–Trinajstić information content (AvgIpc) is 2.30. The molecular weight excluding hydrogens is 206 g/mol. The van der Waals surface area contributed by atoms with Crippen molar-refractivity contribution >= 4 is 11.8 Å². The van der Waals surface area contributed by atoms with Crippen LogP contribution in [0.4, 0.5) is 0 Å². The van der Waals surface area contributed by atoms with Gasteiger partial charge in [0.25, 0.3) is 0 Å². The first kappa shape index (κ1) is 12.9. The summed E-state index contributed by atoms with van der Waals surface area (Å²) in [6, 6.07) is 0.523. The lowest BCUT2D eigenvalue weighted by Crippen LogP contribution is -2.34. The Hall–Kier alpha value is -0.150. The highest BCUT2D eigenvalue weighted by Crippen LogP contribution is 2.18. The Bertz CT molecular complexity index is 186. The fourth-order valence-electron chi connectivity index (χ4n) is 1.69. The molecule has 0 aromatic rings. The van der Waals surface area contributed by atoms with Crippen LogP contribution < -0.4 is 5.32 Å². The summed E-state index contributed by atoms with van der Waals surface area (Å²) in [5, 5.41) is 3.60. The van der Waals surface area contributed by atoms with Gasteiger partial charge < -0.3 is 10.1 Å². The minimum atomic E-state index is 0.523. The molecule has 0 radical (unpaired) electrons. The van der Waals surface area contributed by atoms with Crippen LogP contribution in [0, 0.1) is 0 Å². The summed E-state index contributed by atoms with van der Waals surface area (Å²) >= 11 is 2.00.